The molecule has 0 aliphatic carbocycles. The second-order valence-electron chi connectivity index (χ2n) is 11.6. The van der Waals surface area contributed by atoms with E-state index < -0.39 is 0 Å². The van der Waals surface area contributed by atoms with Gasteiger partial charge in [0.05, 0.1) is 0 Å². The lowest BCUT2D eigenvalue weighted by atomic mass is 9.90. The van der Waals surface area contributed by atoms with E-state index in [0.717, 1.165) is 0 Å². The third kappa shape index (κ3) is 5.18. The van der Waals surface area contributed by atoms with E-state index in [9.17, 15) is 0 Å². The summed E-state index contributed by atoms with van der Waals surface area (Å²) in [5.41, 5.74) is 9.13. The molecule has 0 bridgehead atoms. The van der Waals surface area contributed by atoms with Gasteiger partial charge in [0.25, 0.3) is 0 Å². The Kier molecular flexibility index (Phi) is 6.97. The molecule has 0 aliphatic rings. The molecule has 0 aliphatic heterocycles. The Balaban J connectivity index is 0.000000229. The fraction of sp³-hybridized carbons (Fsp3) is 0.0698. The van der Waals surface area contributed by atoms with Gasteiger partial charge in [0.15, 0.2) is 0 Å². The zero-order chi connectivity index (χ0) is 29.3. The minimum absolute atomic E-state index is 1.26. The summed E-state index contributed by atoms with van der Waals surface area (Å²) in [7, 11) is 0. The Morgan fingerprint density at radius 3 is 1.67 bits per heavy atom. The van der Waals surface area contributed by atoms with E-state index >= 15 is 0 Å². The van der Waals surface area contributed by atoms with Gasteiger partial charge in [0, 0.05) is 0 Å². The van der Waals surface area contributed by atoms with E-state index in [1.807, 2.05) is 0 Å². The molecule has 0 saturated heterocycles. The van der Waals surface area contributed by atoms with Gasteiger partial charge in [0.1, 0.15) is 0 Å². The first-order valence-corrected chi connectivity index (χ1v) is 15.0. The summed E-state index contributed by atoms with van der Waals surface area (Å²) in [6.45, 7) is 6.52. The van der Waals surface area contributed by atoms with Crippen molar-refractivity contribution in [1.82, 2.24) is 0 Å². The van der Waals surface area contributed by atoms with Crippen LogP contribution in [0.15, 0.2) is 152 Å². The molecule has 0 atom stereocenters. The number of fused-ring (bicyclic) bond motifs is 5. The molecule has 8 aromatic rings. The molecular weight excluding hydrogens is 516 g/mol. The maximum atomic E-state index is 2.33. The normalized spacial score (nSPS) is 11.1. The van der Waals surface area contributed by atoms with Crippen LogP contribution in [-0.4, -0.2) is 0 Å². The first-order valence-electron chi connectivity index (χ1n) is 15.0. The summed E-state index contributed by atoms with van der Waals surface area (Å²) < 4.78 is 0. The molecule has 206 valence electrons. The van der Waals surface area contributed by atoms with Crippen molar-refractivity contribution in [2.45, 2.75) is 20.8 Å². The molecule has 0 saturated carbocycles. The Morgan fingerprint density at radius 2 is 0.884 bits per heavy atom. The predicted octanol–water partition coefficient (Wildman–Crippen LogP) is 12.2. The molecule has 0 fully saturated rings. The molecular formula is C43H34. The van der Waals surface area contributed by atoms with Gasteiger partial charge in [0.2, 0.25) is 0 Å². The van der Waals surface area contributed by atoms with Gasteiger partial charge < -0.3 is 0 Å². The maximum Gasteiger partial charge on any atom is -0.00735 e. The lowest BCUT2D eigenvalue weighted by molar-refractivity contribution is 1.43. The standard InChI is InChI=1S/C32H24.C11H10/c1-21-7-3-5-9-28(21)32-22(2)11-12-27-20-25(16-18-31(27)32)24-15-17-30-26(19-24)14-13-23-8-4-6-10-29(23)30;1-9-6-7-10-4-2-3-5-11(10)8-9/h3-20H,1-2H3;2-8H,1H3. The highest BCUT2D eigenvalue weighted by molar-refractivity contribution is 6.08. The van der Waals surface area contributed by atoms with Crippen molar-refractivity contribution < 1.29 is 0 Å². The van der Waals surface area contributed by atoms with Crippen LogP contribution in [0.4, 0.5) is 0 Å². The first kappa shape index (κ1) is 26.7. The minimum Gasteiger partial charge on any atom is -0.0620 e. The minimum atomic E-state index is 1.26. The third-order valence-corrected chi connectivity index (χ3v) is 8.63. The van der Waals surface area contributed by atoms with Crippen LogP contribution in [0.3, 0.4) is 0 Å². The number of hydrogen-bond donors (Lipinski definition) is 0. The zero-order valence-corrected chi connectivity index (χ0v) is 24.9. The van der Waals surface area contributed by atoms with Crippen molar-refractivity contribution in [2.24, 2.45) is 0 Å². The van der Waals surface area contributed by atoms with Gasteiger partial charge in [-0.05, 0) is 109 Å². The molecule has 0 radical (unpaired) electrons. The molecule has 0 aromatic heterocycles. The van der Waals surface area contributed by atoms with Gasteiger partial charge in [-0.3, -0.25) is 0 Å². The van der Waals surface area contributed by atoms with Gasteiger partial charge in [-0.15, -0.1) is 0 Å². The maximum absolute atomic E-state index is 2.33. The number of aryl methyl sites for hydroxylation is 3. The van der Waals surface area contributed by atoms with Crippen LogP contribution in [0, 0.1) is 20.8 Å². The summed E-state index contributed by atoms with van der Waals surface area (Å²) in [5.74, 6) is 0. The number of benzene rings is 8. The van der Waals surface area contributed by atoms with Crippen molar-refractivity contribution in [1.29, 1.82) is 0 Å². The van der Waals surface area contributed by atoms with Crippen LogP contribution in [0.25, 0.3) is 65.3 Å². The molecule has 0 nitrogen and oxygen atoms in total. The van der Waals surface area contributed by atoms with Crippen molar-refractivity contribution in [3.05, 3.63) is 168 Å². The highest BCUT2D eigenvalue weighted by atomic mass is 14.1. The molecule has 0 unspecified atom stereocenters. The average molecular weight is 551 g/mol. The van der Waals surface area contributed by atoms with Crippen molar-refractivity contribution in [2.75, 3.05) is 0 Å². The quantitative estimate of drug-likeness (QED) is 0.188. The number of hydrogen-bond acceptors (Lipinski definition) is 0. The monoisotopic (exact) mass is 550 g/mol. The van der Waals surface area contributed by atoms with Crippen LogP contribution >= 0.6 is 0 Å². The zero-order valence-electron chi connectivity index (χ0n) is 24.9. The Hall–Kier alpha value is -5.20. The molecule has 43 heavy (non-hydrogen) atoms. The number of rotatable bonds is 2. The Bertz CT molecular complexity index is 2270. The first-order chi connectivity index (χ1) is 21.0. The largest absolute Gasteiger partial charge is 0.0620 e. The highest BCUT2D eigenvalue weighted by Crippen LogP contribution is 2.36. The molecule has 0 spiro atoms. The van der Waals surface area contributed by atoms with Crippen LogP contribution in [0.5, 0.6) is 0 Å². The van der Waals surface area contributed by atoms with Crippen molar-refractivity contribution in [3.8, 4) is 22.3 Å². The van der Waals surface area contributed by atoms with Gasteiger partial charge >= 0.3 is 0 Å². The van der Waals surface area contributed by atoms with Gasteiger partial charge in [-0.25, -0.2) is 0 Å². The lowest BCUT2D eigenvalue weighted by Crippen LogP contribution is -1.90. The summed E-state index contributed by atoms with van der Waals surface area (Å²) in [4.78, 5) is 0. The summed E-state index contributed by atoms with van der Waals surface area (Å²) >= 11 is 0. The Labute approximate surface area is 253 Å². The molecule has 0 heterocycles. The van der Waals surface area contributed by atoms with E-state index in [4.69, 9.17) is 0 Å². The lowest BCUT2D eigenvalue weighted by Gasteiger charge is -2.14. The Morgan fingerprint density at radius 1 is 0.326 bits per heavy atom. The molecule has 0 heteroatoms. The van der Waals surface area contributed by atoms with Crippen molar-refractivity contribution in [3.63, 3.8) is 0 Å². The van der Waals surface area contributed by atoms with Crippen LogP contribution in [0.2, 0.25) is 0 Å². The fourth-order valence-electron chi connectivity index (χ4n) is 6.33. The fourth-order valence-corrected chi connectivity index (χ4v) is 6.33. The van der Waals surface area contributed by atoms with E-state index in [0.29, 0.717) is 0 Å². The van der Waals surface area contributed by atoms with E-state index in [2.05, 4.69) is 172 Å². The molecule has 0 N–H and O–H groups in total. The molecule has 8 rings (SSSR count). The van der Waals surface area contributed by atoms with E-state index in [1.165, 1.54) is 82.0 Å². The predicted molar refractivity (Wildman–Crippen MR) is 188 cm³/mol. The second kappa shape index (κ2) is 11.2. The smallest absolute Gasteiger partial charge is 0.00735 e. The van der Waals surface area contributed by atoms with Gasteiger partial charge in [-0.2, -0.15) is 0 Å². The van der Waals surface area contributed by atoms with Gasteiger partial charge in [-0.1, -0.05) is 145 Å². The third-order valence-electron chi connectivity index (χ3n) is 8.63. The molecule has 8 aromatic carbocycles. The van der Waals surface area contributed by atoms with Crippen LogP contribution < -0.4 is 0 Å². The summed E-state index contributed by atoms with van der Waals surface area (Å²) in [6.07, 6.45) is 0. The second-order valence-corrected chi connectivity index (χ2v) is 11.6. The topological polar surface area (TPSA) is 0 Å². The summed E-state index contributed by atoms with van der Waals surface area (Å²) in [6, 6.07) is 54.9. The highest BCUT2D eigenvalue weighted by Gasteiger charge is 2.11. The van der Waals surface area contributed by atoms with Crippen LogP contribution in [-0.2, 0) is 0 Å². The van der Waals surface area contributed by atoms with E-state index in [-0.39, 0.29) is 0 Å². The van der Waals surface area contributed by atoms with Crippen molar-refractivity contribution >= 4 is 43.1 Å². The van der Waals surface area contributed by atoms with E-state index in [1.54, 1.807) is 0 Å². The average Bonchev–Trinajstić information content (AvgIpc) is 3.05. The van der Waals surface area contributed by atoms with Crippen LogP contribution in [0.1, 0.15) is 16.7 Å². The SMILES string of the molecule is Cc1ccc2ccccc2c1.Cc1ccccc1-c1c(C)ccc2cc(-c3ccc4c(ccc5ccccc54)c3)ccc12. The molecule has 0 amide bonds. The summed E-state index contributed by atoms with van der Waals surface area (Å²) in [5, 5.41) is 10.4.